The SMILES string of the molecule is CCOC(=O)OC1=C(c2cc(C)ccc2C)C(=O)NC12CCC(OC)CC2.O=C1C=C(N(Cc2ccc(Cl)nc2)C2CC2)CO1. The smallest absolute Gasteiger partial charge is 0.456 e. The molecule has 45 heavy (non-hydrogen) atoms. The van der Waals surface area contributed by atoms with Gasteiger partial charge < -0.3 is 29.2 Å². The normalized spacial score (nSPS) is 22.3. The summed E-state index contributed by atoms with van der Waals surface area (Å²) >= 11 is 5.77. The zero-order chi connectivity index (χ0) is 32.1. The third kappa shape index (κ3) is 7.68. The highest BCUT2D eigenvalue weighted by Gasteiger charge is 2.50. The molecule has 1 aromatic carbocycles. The van der Waals surface area contributed by atoms with Crippen molar-refractivity contribution in [2.45, 2.75) is 83.5 Å². The molecule has 2 saturated carbocycles. The van der Waals surface area contributed by atoms with Crippen LogP contribution in [0, 0.1) is 13.8 Å². The molecule has 0 unspecified atom stereocenters. The second-order valence-corrected chi connectivity index (χ2v) is 12.3. The first-order valence-corrected chi connectivity index (χ1v) is 15.8. The number of esters is 1. The molecule has 6 rings (SSSR count). The number of carbonyl (C=O) groups is 3. The van der Waals surface area contributed by atoms with E-state index in [-0.39, 0.29) is 24.6 Å². The number of aromatic nitrogens is 1. The van der Waals surface area contributed by atoms with Gasteiger partial charge in [0.1, 0.15) is 17.5 Å². The summed E-state index contributed by atoms with van der Waals surface area (Å²) in [5, 5.41) is 3.60. The molecule has 10 nitrogen and oxygen atoms in total. The van der Waals surface area contributed by atoms with Crippen molar-refractivity contribution in [2.75, 3.05) is 20.3 Å². The van der Waals surface area contributed by atoms with Crippen molar-refractivity contribution in [1.29, 1.82) is 0 Å². The van der Waals surface area contributed by atoms with E-state index in [0.29, 0.717) is 42.0 Å². The van der Waals surface area contributed by atoms with E-state index >= 15 is 0 Å². The lowest BCUT2D eigenvalue weighted by Crippen LogP contribution is -2.49. The average Bonchev–Trinajstić information content (AvgIpc) is 3.72. The maximum atomic E-state index is 13.0. The number of benzene rings is 1. The summed E-state index contributed by atoms with van der Waals surface area (Å²) in [7, 11) is 1.70. The number of nitrogens with one attached hydrogen (secondary N) is 1. The van der Waals surface area contributed by atoms with Crippen molar-refractivity contribution in [2.24, 2.45) is 0 Å². The first-order valence-electron chi connectivity index (χ1n) is 15.4. The van der Waals surface area contributed by atoms with Gasteiger partial charge in [-0.3, -0.25) is 4.79 Å². The molecule has 2 aliphatic carbocycles. The summed E-state index contributed by atoms with van der Waals surface area (Å²) in [4.78, 5) is 42.6. The van der Waals surface area contributed by atoms with Crippen LogP contribution in [0.2, 0.25) is 5.15 Å². The van der Waals surface area contributed by atoms with Crippen LogP contribution in [0.3, 0.4) is 0 Å². The topological polar surface area (TPSA) is 116 Å². The van der Waals surface area contributed by atoms with E-state index < -0.39 is 11.7 Å². The van der Waals surface area contributed by atoms with Crippen LogP contribution in [-0.4, -0.2) is 65.9 Å². The number of amides is 1. The maximum Gasteiger partial charge on any atom is 0.513 e. The molecule has 2 fully saturated rings. The first-order chi connectivity index (χ1) is 21.6. The highest BCUT2D eigenvalue weighted by atomic mass is 35.5. The fraction of sp³-hybridized carbons (Fsp3) is 0.471. The summed E-state index contributed by atoms with van der Waals surface area (Å²) in [6, 6.07) is 10.2. The van der Waals surface area contributed by atoms with Crippen LogP contribution in [0.4, 0.5) is 4.79 Å². The molecular weight excluding hydrogens is 598 g/mol. The van der Waals surface area contributed by atoms with Crippen molar-refractivity contribution in [3.05, 3.63) is 81.5 Å². The Morgan fingerprint density at radius 1 is 1.13 bits per heavy atom. The van der Waals surface area contributed by atoms with Gasteiger partial charge in [-0.15, -0.1) is 0 Å². The number of hydrogen-bond donors (Lipinski definition) is 1. The number of hydrogen-bond acceptors (Lipinski definition) is 9. The Balaban J connectivity index is 0.000000192. The molecule has 4 aliphatic rings. The van der Waals surface area contributed by atoms with Gasteiger partial charge in [-0.25, -0.2) is 14.6 Å². The average molecular weight is 638 g/mol. The number of carbonyl (C=O) groups excluding carboxylic acids is 3. The van der Waals surface area contributed by atoms with Gasteiger partial charge in [0.05, 0.1) is 29.5 Å². The van der Waals surface area contributed by atoms with Crippen LogP contribution in [0.5, 0.6) is 0 Å². The van der Waals surface area contributed by atoms with Crippen LogP contribution in [0.1, 0.15) is 67.7 Å². The van der Waals surface area contributed by atoms with Gasteiger partial charge in [-0.1, -0.05) is 41.4 Å². The quantitative estimate of drug-likeness (QED) is 0.284. The van der Waals surface area contributed by atoms with Crippen LogP contribution < -0.4 is 5.32 Å². The van der Waals surface area contributed by atoms with Crippen LogP contribution in [0.15, 0.2) is 54.1 Å². The Morgan fingerprint density at radius 2 is 1.89 bits per heavy atom. The summed E-state index contributed by atoms with van der Waals surface area (Å²) in [5.41, 5.74) is 4.58. The van der Waals surface area contributed by atoms with E-state index in [2.05, 4.69) is 15.2 Å². The Bertz CT molecular complexity index is 1490. The predicted octanol–water partition coefficient (Wildman–Crippen LogP) is 5.79. The Kier molecular flexibility index (Phi) is 10.1. The third-order valence-corrected chi connectivity index (χ3v) is 8.84. The minimum atomic E-state index is -0.778. The van der Waals surface area contributed by atoms with Crippen LogP contribution in [-0.2, 0) is 35.1 Å². The van der Waals surface area contributed by atoms with E-state index in [1.54, 1.807) is 32.4 Å². The number of ether oxygens (including phenoxy) is 4. The van der Waals surface area contributed by atoms with E-state index in [9.17, 15) is 14.4 Å². The number of aryl methyl sites for hydroxylation is 2. The van der Waals surface area contributed by atoms with Crippen molar-refractivity contribution < 1.29 is 33.3 Å². The van der Waals surface area contributed by atoms with Gasteiger partial charge in [-0.2, -0.15) is 0 Å². The number of pyridine rings is 1. The number of cyclic esters (lactones) is 1. The number of rotatable bonds is 8. The highest BCUT2D eigenvalue weighted by Crippen LogP contribution is 2.44. The van der Waals surface area contributed by atoms with Crippen LogP contribution >= 0.6 is 11.6 Å². The minimum absolute atomic E-state index is 0.154. The monoisotopic (exact) mass is 637 g/mol. The highest BCUT2D eigenvalue weighted by molar-refractivity contribution is 6.29. The van der Waals surface area contributed by atoms with Gasteiger partial charge >= 0.3 is 12.1 Å². The number of halogens is 1. The first kappa shape index (κ1) is 32.5. The van der Waals surface area contributed by atoms with Crippen molar-refractivity contribution in [1.82, 2.24) is 15.2 Å². The number of nitrogens with zero attached hydrogens (tertiary/aromatic N) is 2. The predicted molar refractivity (Wildman–Crippen MR) is 168 cm³/mol. The summed E-state index contributed by atoms with van der Waals surface area (Å²) in [5.74, 6) is -0.0713. The molecule has 2 aromatic rings. The summed E-state index contributed by atoms with van der Waals surface area (Å²) < 4.78 is 21.1. The molecule has 1 amide bonds. The Labute approximate surface area is 268 Å². The fourth-order valence-electron chi connectivity index (χ4n) is 6.06. The molecule has 1 N–H and O–H groups in total. The van der Waals surface area contributed by atoms with Gasteiger partial charge in [0.25, 0.3) is 5.91 Å². The Morgan fingerprint density at radius 3 is 2.49 bits per heavy atom. The second kappa shape index (κ2) is 14.0. The molecule has 1 aromatic heterocycles. The standard InChI is InChI=1S/C21H27NO5.C13H13ClN2O2/c1-5-26-20(24)27-18-17(16-12-13(2)6-7-14(16)3)19(23)22-21(18)10-8-15(25-4)9-11-21;14-12-4-1-9(6-15-12)7-16(10-2-3-10)11-5-13(17)18-8-11/h6-7,12,15H,5,8-11H2,1-4H3,(H,22,23);1,4-6,10H,2-3,7-8H2. The summed E-state index contributed by atoms with van der Waals surface area (Å²) in [6.07, 6.45) is 7.96. The lowest BCUT2D eigenvalue weighted by atomic mass is 9.79. The maximum absolute atomic E-state index is 13.0. The van der Waals surface area contributed by atoms with Gasteiger partial charge in [-0.05, 0) is 82.1 Å². The molecule has 0 bridgehead atoms. The Hall–Kier alpha value is -3.89. The van der Waals surface area contributed by atoms with Gasteiger partial charge in [0.15, 0.2) is 0 Å². The van der Waals surface area contributed by atoms with Crippen molar-refractivity contribution in [3.8, 4) is 0 Å². The molecule has 0 atom stereocenters. The van der Waals surface area contributed by atoms with Crippen molar-refractivity contribution >= 4 is 35.2 Å². The molecule has 240 valence electrons. The van der Waals surface area contributed by atoms with Crippen LogP contribution in [0.25, 0.3) is 5.57 Å². The third-order valence-electron chi connectivity index (χ3n) is 8.62. The van der Waals surface area contributed by atoms with E-state index in [1.165, 1.54) is 12.8 Å². The zero-order valence-electron chi connectivity index (χ0n) is 26.2. The molecule has 1 spiro atoms. The fourth-order valence-corrected chi connectivity index (χ4v) is 6.17. The largest absolute Gasteiger partial charge is 0.513 e. The van der Waals surface area contributed by atoms with E-state index in [0.717, 1.165) is 47.3 Å². The summed E-state index contributed by atoms with van der Waals surface area (Å²) in [6.45, 7) is 6.99. The van der Waals surface area contributed by atoms with Gasteiger partial charge in [0.2, 0.25) is 0 Å². The molecule has 3 heterocycles. The molecule has 11 heteroatoms. The van der Waals surface area contributed by atoms with E-state index in [1.807, 2.05) is 38.1 Å². The van der Waals surface area contributed by atoms with E-state index in [4.69, 9.17) is 30.5 Å². The lowest BCUT2D eigenvalue weighted by molar-refractivity contribution is -0.135. The second-order valence-electron chi connectivity index (χ2n) is 11.9. The molecular formula is C34H40ClN3O7. The van der Waals surface area contributed by atoms with Crippen molar-refractivity contribution in [3.63, 3.8) is 0 Å². The lowest BCUT2D eigenvalue weighted by Gasteiger charge is -2.37. The van der Waals surface area contributed by atoms with Gasteiger partial charge in [0, 0.05) is 32.0 Å². The number of methoxy groups -OCH3 is 1. The molecule has 0 saturated heterocycles. The molecule has 2 aliphatic heterocycles. The zero-order valence-corrected chi connectivity index (χ0v) is 26.9. The molecule has 0 radical (unpaired) electrons. The minimum Gasteiger partial charge on any atom is -0.456 e.